The average molecular weight is 320 g/mol. The molecule has 0 spiro atoms. The summed E-state index contributed by atoms with van der Waals surface area (Å²) in [7, 11) is 0. The van der Waals surface area contributed by atoms with Crippen molar-refractivity contribution in [2.24, 2.45) is 0 Å². The van der Waals surface area contributed by atoms with Gasteiger partial charge in [0.1, 0.15) is 5.75 Å². The van der Waals surface area contributed by atoms with Crippen molar-refractivity contribution < 1.29 is 5.11 Å². The standard InChI is InChI=1S/C16H18BrNO/c1-2-18-16(14-5-3-4-6-15(14)17)11-12-7-9-13(19)10-8-12/h3-10,16,18-19H,2,11H2,1H3. The largest absolute Gasteiger partial charge is 0.508 e. The van der Waals surface area contributed by atoms with Crippen molar-refractivity contribution >= 4 is 15.9 Å². The third-order valence-electron chi connectivity index (χ3n) is 3.11. The molecule has 2 aromatic rings. The monoisotopic (exact) mass is 319 g/mol. The number of phenols is 1. The maximum absolute atomic E-state index is 9.33. The zero-order valence-electron chi connectivity index (χ0n) is 10.9. The van der Waals surface area contributed by atoms with Gasteiger partial charge in [0.15, 0.2) is 0 Å². The molecule has 19 heavy (non-hydrogen) atoms. The number of phenolic OH excluding ortho intramolecular Hbond substituents is 1. The van der Waals surface area contributed by atoms with E-state index in [1.165, 1.54) is 11.1 Å². The summed E-state index contributed by atoms with van der Waals surface area (Å²) >= 11 is 3.61. The van der Waals surface area contributed by atoms with Crippen LogP contribution in [0.15, 0.2) is 53.0 Å². The first-order chi connectivity index (χ1) is 9.20. The molecule has 100 valence electrons. The highest BCUT2D eigenvalue weighted by Crippen LogP contribution is 2.26. The van der Waals surface area contributed by atoms with Crippen LogP contribution in [-0.2, 0) is 6.42 Å². The number of rotatable bonds is 5. The van der Waals surface area contributed by atoms with E-state index in [0.29, 0.717) is 5.75 Å². The van der Waals surface area contributed by atoms with Gasteiger partial charge in [0.2, 0.25) is 0 Å². The minimum absolute atomic E-state index is 0.269. The van der Waals surface area contributed by atoms with E-state index >= 15 is 0 Å². The number of aromatic hydroxyl groups is 1. The Hall–Kier alpha value is -1.32. The van der Waals surface area contributed by atoms with Gasteiger partial charge in [-0.25, -0.2) is 0 Å². The van der Waals surface area contributed by atoms with Gasteiger partial charge in [0.05, 0.1) is 0 Å². The second kappa shape index (κ2) is 6.73. The van der Waals surface area contributed by atoms with Crippen LogP contribution in [-0.4, -0.2) is 11.7 Å². The summed E-state index contributed by atoms with van der Waals surface area (Å²) in [6, 6.07) is 16.0. The number of benzene rings is 2. The van der Waals surface area contributed by atoms with Crippen molar-refractivity contribution in [2.75, 3.05) is 6.54 Å². The molecule has 0 saturated carbocycles. The fraction of sp³-hybridized carbons (Fsp3) is 0.250. The van der Waals surface area contributed by atoms with E-state index in [1.54, 1.807) is 12.1 Å². The number of hydrogen-bond donors (Lipinski definition) is 2. The van der Waals surface area contributed by atoms with Crippen molar-refractivity contribution in [1.82, 2.24) is 5.32 Å². The van der Waals surface area contributed by atoms with Crippen LogP contribution in [0.1, 0.15) is 24.1 Å². The highest BCUT2D eigenvalue weighted by Gasteiger charge is 2.13. The van der Waals surface area contributed by atoms with Gasteiger partial charge in [-0.3, -0.25) is 0 Å². The van der Waals surface area contributed by atoms with Crippen molar-refractivity contribution in [3.63, 3.8) is 0 Å². The molecule has 2 rings (SSSR count). The minimum atomic E-state index is 0.269. The summed E-state index contributed by atoms with van der Waals surface area (Å²) in [5.41, 5.74) is 2.47. The quantitative estimate of drug-likeness (QED) is 0.871. The predicted molar refractivity (Wildman–Crippen MR) is 82.4 cm³/mol. The molecule has 0 bridgehead atoms. The van der Waals surface area contributed by atoms with E-state index in [4.69, 9.17) is 0 Å². The molecule has 0 radical (unpaired) electrons. The van der Waals surface area contributed by atoms with Crippen LogP contribution in [0.2, 0.25) is 0 Å². The van der Waals surface area contributed by atoms with E-state index < -0.39 is 0 Å². The lowest BCUT2D eigenvalue weighted by Gasteiger charge is -2.20. The lowest BCUT2D eigenvalue weighted by molar-refractivity contribution is 0.474. The molecule has 3 heteroatoms. The van der Waals surface area contributed by atoms with Crippen LogP contribution in [0.25, 0.3) is 0 Å². The predicted octanol–water partition coefficient (Wildman–Crippen LogP) is 4.05. The second-order valence-corrected chi connectivity index (χ2v) is 5.36. The molecule has 0 aromatic heterocycles. The molecule has 2 nitrogen and oxygen atoms in total. The Morgan fingerprint density at radius 3 is 2.42 bits per heavy atom. The van der Waals surface area contributed by atoms with Gasteiger partial charge >= 0.3 is 0 Å². The van der Waals surface area contributed by atoms with E-state index in [9.17, 15) is 5.11 Å². The molecule has 2 aromatic carbocycles. The van der Waals surface area contributed by atoms with Gasteiger partial charge in [0.25, 0.3) is 0 Å². The Bertz CT molecular complexity index is 525. The first-order valence-corrected chi connectivity index (χ1v) is 7.25. The zero-order valence-corrected chi connectivity index (χ0v) is 12.5. The molecule has 0 aliphatic carbocycles. The van der Waals surface area contributed by atoms with Crippen molar-refractivity contribution in [3.8, 4) is 5.75 Å². The molecule has 0 aliphatic heterocycles. The van der Waals surface area contributed by atoms with Crippen molar-refractivity contribution in [3.05, 3.63) is 64.1 Å². The smallest absolute Gasteiger partial charge is 0.115 e. The molecule has 0 aliphatic rings. The molecule has 2 N–H and O–H groups in total. The summed E-state index contributed by atoms with van der Waals surface area (Å²) in [6.45, 7) is 3.03. The number of halogens is 1. The van der Waals surface area contributed by atoms with E-state index in [2.05, 4.69) is 46.4 Å². The Balaban J connectivity index is 2.21. The third kappa shape index (κ3) is 3.82. The summed E-state index contributed by atoms with van der Waals surface area (Å²) in [4.78, 5) is 0. The van der Waals surface area contributed by atoms with E-state index in [1.807, 2.05) is 18.2 Å². The molecular weight excluding hydrogens is 302 g/mol. The Labute approximate surface area is 122 Å². The van der Waals surface area contributed by atoms with Gasteiger partial charge in [-0.05, 0) is 42.3 Å². The Morgan fingerprint density at radius 2 is 1.79 bits per heavy atom. The van der Waals surface area contributed by atoms with Gasteiger partial charge in [0, 0.05) is 10.5 Å². The topological polar surface area (TPSA) is 32.3 Å². The molecular formula is C16H18BrNO. The second-order valence-electron chi connectivity index (χ2n) is 4.50. The molecule has 1 unspecified atom stereocenters. The molecule has 0 saturated heterocycles. The van der Waals surface area contributed by atoms with Gasteiger partial charge in [-0.15, -0.1) is 0 Å². The van der Waals surface area contributed by atoms with Crippen LogP contribution in [0.4, 0.5) is 0 Å². The van der Waals surface area contributed by atoms with Crippen molar-refractivity contribution in [2.45, 2.75) is 19.4 Å². The summed E-state index contributed by atoms with van der Waals surface area (Å²) in [5, 5.41) is 12.8. The maximum Gasteiger partial charge on any atom is 0.115 e. The van der Waals surface area contributed by atoms with Gasteiger partial charge < -0.3 is 10.4 Å². The third-order valence-corrected chi connectivity index (χ3v) is 3.83. The number of nitrogens with one attached hydrogen (secondary N) is 1. The average Bonchev–Trinajstić information content (AvgIpc) is 2.41. The Kier molecular flexibility index (Phi) is 5.00. The van der Waals surface area contributed by atoms with Crippen molar-refractivity contribution in [1.29, 1.82) is 0 Å². The van der Waals surface area contributed by atoms with Crippen LogP contribution in [0, 0.1) is 0 Å². The van der Waals surface area contributed by atoms with Crippen LogP contribution >= 0.6 is 15.9 Å². The van der Waals surface area contributed by atoms with Gasteiger partial charge in [-0.1, -0.05) is 53.2 Å². The number of likely N-dealkylation sites (N-methyl/N-ethyl adjacent to an activating group) is 1. The highest BCUT2D eigenvalue weighted by molar-refractivity contribution is 9.10. The summed E-state index contributed by atoms with van der Waals surface area (Å²) in [6.07, 6.45) is 0.900. The van der Waals surface area contributed by atoms with E-state index in [0.717, 1.165) is 17.4 Å². The maximum atomic E-state index is 9.33. The lowest BCUT2D eigenvalue weighted by Crippen LogP contribution is -2.23. The zero-order chi connectivity index (χ0) is 13.7. The first-order valence-electron chi connectivity index (χ1n) is 6.46. The lowest BCUT2D eigenvalue weighted by atomic mass is 9.99. The van der Waals surface area contributed by atoms with Crippen LogP contribution < -0.4 is 5.32 Å². The fourth-order valence-corrected chi connectivity index (χ4v) is 2.73. The van der Waals surface area contributed by atoms with Crippen LogP contribution in [0.3, 0.4) is 0 Å². The normalized spacial score (nSPS) is 12.3. The Morgan fingerprint density at radius 1 is 1.11 bits per heavy atom. The van der Waals surface area contributed by atoms with Gasteiger partial charge in [-0.2, -0.15) is 0 Å². The molecule has 1 atom stereocenters. The first kappa shape index (κ1) is 14.1. The molecule has 0 amide bonds. The molecule has 0 heterocycles. The van der Waals surface area contributed by atoms with Crippen LogP contribution in [0.5, 0.6) is 5.75 Å². The summed E-state index contributed by atoms with van der Waals surface area (Å²) < 4.78 is 1.12. The SMILES string of the molecule is CCNC(Cc1ccc(O)cc1)c1ccccc1Br. The summed E-state index contributed by atoms with van der Waals surface area (Å²) in [5.74, 6) is 0.310. The van der Waals surface area contributed by atoms with E-state index in [-0.39, 0.29) is 6.04 Å². The molecule has 0 fully saturated rings. The fourth-order valence-electron chi connectivity index (χ4n) is 2.16. The number of hydrogen-bond acceptors (Lipinski definition) is 2. The highest BCUT2D eigenvalue weighted by atomic mass is 79.9. The minimum Gasteiger partial charge on any atom is -0.508 e.